The molecule has 5 rings (SSSR count). The lowest BCUT2D eigenvalue weighted by Crippen LogP contribution is -2.25. The Labute approximate surface area is 231 Å². The maximum absolute atomic E-state index is 13.2. The van der Waals surface area contributed by atoms with Crippen molar-refractivity contribution in [2.45, 2.75) is 20.0 Å². The number of fused-ring (bicyclic) bond motifs is 1. The molecular weight excluding hydrogens is 535 g/mol. The molecule has 0 atom stereocenters. The summed E-state index contributed by atoms with van der Waals surface area (Å²) in [4.78, 5) is 43.0. The maximum Gasteiger partial charge on any atom is 0.416 e. The summed E-state index contributed by atoms with van der Waals surface area (Å²) in [5.74, 6) is -0.500. The quantitative estimate of drug-likeness (QED) is 0.269. The smallest absolute Gasteiger partial charge is 0.323 e. The third kappa shape index (κ3) is 5.66. The lowest BCUT2D eigenvalue weighted by atomic mass is 10.1. The van der Waals surface area contributed by atoms with Crippen LogP contribution in [0, 0.1) is 13.8 Å². The Morgan fingerprint density at radius 3 is 2.46 bits per heavy atom. The van der Waals surface area contributed by atoms with Crippen LogP contribution in [0.2, 0.25) is 0 Å². The number of hydrogen-bond donors (Lipinski definition) is 2. The van der Waals surface area contributed by atoms with E-state index in [0.29, 0.717) is 33.7 Å². The zero-order valence-electron chi connectivity index (χ0n) is 21.8. The van der Waals surface area contributed by atoms with Crippen molar-refractivity contribution in [2.24, 2.45) is 0 Å². The summed E-state index contributed by atoms with van der Waals surface area (Å²) in [6.45, 7) is 7.16. The van der Waals surface area contributed by atoms with Crippen LogP contribution in [-0.4, -0.2) is 30.4 Å². The fraction of sp³-hybridized carbons (Fsp3) is 0.103. The maximum atomic E-state index is 13.2. The molecule has 0 aliphatic heterocycles. The molecule has 0 bridgehead atoms. The molecule has 41 heavy (non-hydrogen) atoms. The number of pyridine rings is 1. The highest BCUT2D eigenvalue weighted by molar-refractivity contribution is 6.04. The summed E-state index contributed by atoms with van der Waals surface area (Å²) in [5, 5.41) is 6.15. The number of alkyl halides is 3. The third-order valence-corrected chi connectivity index (χ3v) is 6.30. The summed E-state index contributed by atoms with van der Waals surface area (Å²) in [7, 11) is 0. The van der Waals surface area contributed by atoms with Gasteiger partial charge in [-0.05, 0) is 68.0 Å². The van der Waals surface area contributed by atoms with Crippen LogP contribution in [0.25, 0.3) is 22.8 Å². The Morgan fingerprint density at radius 1 is 0.976 bits per heavy atom. The van der Waals surface area contributed by atoms with Gasteiger partial charge in [0.2, 0.25) is 5.95 Å². The summed E-state index contributed by atoms with van der Waals surface area (Å²) in [6.07, 6.45) is 0.186. The number of aromatic nitrogens is 5. The third-order valence-electron chi connectivity index (χ3n) is 6.30. The first-order valence-electron chi connectivity index (χ1n) is 12.2. The van der Waals surface area contributed by atoms with E-state index in [2.05, 4.69) is 37.1 Å². The number of hydrogen-bond acceptors (Lipinski definition) is 7. The molecule has 0 unspecified atom stereocenters. The molecule has 0 radical (unpaired) electrons. The monoisotopic (exact) mass is 557 g/mol. The number of nitrogens with zero attached hydrogens (tertiary/aromatic N) is 5. The van der Waals surface area contributed by atoms with Crippen LogP contribution in [0.15, 0.2) is 78.4 Å². The Hall–Kier alpha value is -5.39. The van der Waals surface area contributed by atoms with E-state index in [4.69, 9.17) is 0 Å². The van der Waals surface area contributed by atoms with Crippen LogP contribution in [0.3, 0.4) is 0 Å². The molecule has 3 aromatic heterocycles. The molecule has 2 N–H and O–H groups in total. The molecule has 9 nitrogen and oxygen atoms in total. The van der Waals surface area contributed by atoms with E-state index >= 15 is 0 Å². The molecule has 0 saturated heterocycles. The van der Waals surface area contributed by atoms with Gasteiger partial charge < -0.3 is 10.6 Å². The fourth-order valence-electron chi connectivity index (χ4n) is 4.16. The van der Waals surface area contributed by atoms with Gasteiger partial charge in [0.05, 0.1) is 34.2 Å². The lowest BCUT2D eigenvalue weighted by Gasteiger charge is -2.16. The zero-order valence-corrected chi connectivity index (χ0v) is 21.8. The minimum atomic E-state index is -4.58. The molecule has 0 aliphatic rings. The lowest BCUT2D eigenvalue weighted by molar-refractivity contribution is -0.137. The average molecular weight is 558 g/mol. The average Bonchev–Trinajstić information content (AvgIpc) is 2.94. The molecular formula is C29H22F3N7O2. The number of carbonyl (C=O) groups excluding carboxylic acids is 1. The van der Waals surface area contributed by atoms with Gasteiger partial charge in [0, 0.05) is 23.1 Å². The summed E-state index contributed by atoms with van der Waals surface area (Å²) >= 11 is 0. The summed E-state index contributed by atoms with van der Waals surface area (Å²) in [6, 6.07) is 12.5. The van der Waals surface area contributed by atoms with Crippen molar-refractivity contribution < 1.29 is 18.0 Å². The van der Waals surface area contributed by atoms with Gasteiger partial charge in [-0.25, -0.2) is 9.78 Å². The van der Waals surface area contributed by atoms with Crippen molar-refractivity contribution in [2.75, 3.05) is 10.6 Å². The Kier molecular flexibility index (Phi) is 7.06. The van der Waals surface area contributed by atoms with Gasteiger partial charge in [0.25, 0.3) is 5.91 Å². The van der Waals surface area contributed by atoms with E-state index < -0.39 is 23.3 Å². The van der Waals surface area contributed by atoms with Crippen LogP contribution in [0.4, 0.5) is 30.5 Å². The molecule has 5 aromatic rings. The Balaban J connectivity index is 1.46. The van der Waals surface area contributed by atoms with E-state index in [9.17, 15) is 22.8 Å². The minimum absolute atomic E-state index is 0.156. The first kappa shape index (κ1) is 27.2. The van der Waals surface area contributed by atoms with Crippen LogP contribution in [0.5, 0.6) is 0 Å². The molecule has 206 valence electrons. The number of rotatable bonds is 6. The highest BCUT2D eigenvalue weighted by Crippen LogP contribution is 2.30. The SMILES string of the molecule is C=Cc1ccc(Nc2ncc3c(C)n(-c4cc(NC(=O)c5cccc(C(F)(F)F)c5)ccc4C)c(=O)nc3n2)cn1. The van der Waals surface area contributed by atoms with Gasteiger partial charge in [0.1, 0.15) is 0 Å². The Morgan fingerprint density at radius 2 is 1.76 bits per heavy atom. The van der Waals surface area contributed by atoms with Gasteiger partial charge in [-0.2, -0.15) is 23.1 Å². The second-order valence-corrected chi connectivity index (χ2v) is 9.08. The highest BCUT2D eigenvalue weighted by atomic mass is 19.4. The number of amides is 1. The van der Waals surface area contributed by atoms with E-state index in [0.717, 1.165) is 12.1 Å². The number of benzene rings is 2. The predicted octanol–water partition coefficient (Wildman–Crippen LogP) is 5.85. The standard InChI is InChI=1S/C29H22F3N7O2/c1-4-20-10-11-22(14-33-20)36-27-34-15-23-17(3)39(28(41)38-25(23)37-27)24-13-21(9-8-16(24)2)35-26(40)18-6-5-7-19(12-18)29(30,31)32/h4-15H,1H2,2-3H3,(H,35,40)(H,36,37,38,41). The summed E-state index contributed by atoms with van der Waals surface area (Å²) in [5.41, 5.74) is 1.76. The molecule has 12 heteroatoms. The van der Waals surface area contributed by atoms with Crippen molar-refractivity contribution >= 4 is 40.3 Å². The number of anilines is 3. The van der Waals surface area contributed by atoms with Crippen LogP contribution >= 0.6 is 0 Å². The molecule has 1 amide bonds. The topological polar surface area (TPSA) is 115 Å². The second kappa shape index (κ2) is 10.6. The van der Waals surface area contributed by atoms with E-state index in [-0.39, 0.29) is 22.8 Å². The summed E-state index contributed by atoms with van der Waals surface area (Å²) < 4.78 is 40.6. The van der Waals surface area contributed by atoms with Crippen molar-refractivity contribution in [1.82, 2.24) is 24.5 Å². The van der Waals surface area contributed by atoms with Crippen molar-refractivity contribution in [3.05, 3.63) is 112 Å². The minimum Gasteiger partial charge on any atom is -0.323 e. The normalized spacial score (nSPS) is 11.3. The molecule has 0 fully saturated rings. The molecule has 0 spiro atoms. The van der Waals surface area contributed by atoms with Gasteiger partial charge in [0.15, 0.2) is 5.65 Å². The zero-order chi connectivity index (χ0) is 29.3. The second-order valence-electron chi connectivity index (χ2n) is 9.08. The number of nitrogens with one attached hydrogen (secondary N) is 2. The predicted molar refractivity (Wildman–Crippen MR) is 149 cm³/mol. The molecule has 0 aliphatic carbocycles. The van der Waals surface area contributed by atoms with Crippen LogP contribution in [-0.2, 0) is 6.18 Å². The van der Waals surface area contributed by atoms with E-state index in [1.54, 1.807) is 62.6 Å². The van der Waals surface area contributed by atoms with Crippen molar-refractivity contribution in [1.29, 1.82) is 0 Å². The first-order valence-corrected chi connectivity index (χ1v) is 12.2. The van der Waals surface area contributed by atoms with Gasteiger partial charge in [-0.3, -0.25) is 14.3 Å². The van der Waals surface area contributed by atoms with Crippen LogP contribution < -0.4 is 16.3 Å². The molecule has 0 saturated carbocycles. The first-order chi connectivity index (χ1) is 19.5. The highest BCUT2D eigenvalue weighted by Gasteiger charge is 2.31. The van der Waals surface area contributed by atoms with E-state index in [1.807, 2.05) is 0 Å². The number of halogens is 3. The number of carbonyl (C=O) groups is 1. The largest absolute Gasteiger partial charge is 0.416 e. The number of aryl methyl sites for hydroxylation is 2. The van der Waals surface area contributed by atoms with Crippen LogP contribution in [0.1, 0.15) is 32.9 Å². The van der Waals surface area contributed by atoms with E-state index in [1.165, 1.54) is 16.7 Å². The van der Waals surface area contributed by atoms with Gasteiger partial charge in [-0.15, -0.1) is 0 Å². The van der Waals surface area contributed by atoms with Crippen molar-refractivity contribution in [3.63, 3.8) is 0 Å². The molecule has 3 heterocycles. The Bertz CT molecular complexity index is 1870. The fourth-order valence-corrected chi connectivity index (χ4v) is 4.16. The van der Waals surface area contributed by atoms with Crippen molar-refractivity contribution in [3.8, 4) is 5.69 Å². The van der Waals surface area contributed by atoms with Gasteiger partial charge >= 0.3 is 11.9 Å². The van der Waals surface area contributed by atoms with Gasteiger partial charge in [-0.1, -0.05) is 18.7 Å². The molecule has 2 aromatic carbocycles.